The summed E-state index contributed by atoms with van der Waals surface area (Å²) in [5, 5.41) is 10.7. The smallest absolute Gasteiger partial charge is 0.272 e. The van der Waals surface area contributed by atoms with Crippen LogP contribution in [0.1, 0.15) is 18.4 Å². The second kappa shape index (κ2) is 4.99. The summed E-state index contributed by atoms with van der Waals surface area (Å²) in [6.07, 6.45) is 2.01. The van der Waals surface area contributed by atoms with E-state index in [1.54, 1.807) is 0 Å². The number of hydrogen-bond donors (Lipinski definition) is 1. The number of rotatable bonds is 3. The van der Waals surface area contributed by atoms with Gasteiger partial charge in [0.15, 0.2) is 0 Å². The first-order chi connectivity index (χ1) is 8.48. The van der Waals surface area contributed by atoms with Gasteiger partial charge >= 0.3 is 0 Å². The molecule has 1 aliphatic rings. The molecule has 1 atom stereocenters. The molecule has 1 fully saturated rings. The lowest BCUT2D eigenvalue weighted by molar-refractivity contribution is -0.385. The zero-order valence-corrected chi connectivity index (χ0v) is 9.89. The van der Waals surface area contributed by atoms with Crippen LogP contribution in [0.25, 0.3) is 0 Å². The van der Waals surface area contributed by atoms with E-state index in [1.807, 2.05) is 0 Å². The monoisotopic (exact) mass is 254 g/mol. The Labute approximate surface area is 104 Å². The summed E-state index contributed by atoms with van der Waals surface area (Å²) >= 11 is 0. The molecule has 98 valence electrons. The van der Waals surface area contributed by atoms with Gasteiger partial charge < -0.3 is 10.5 Å². The maximum absolute atomic E-state index is 13.3. The standard InChI is InChI=1S/C12H15FN2O3/c13-10-4-9(5-11(6-10)15(16)17)7-12(14)2-1-3-18-8-12/h4-6H,1-3,7-8,14H2. The summed E-state index contributed by atoms with van der Waals surface area (Å²) < 4.78 is 18.6. The maximum Gasteiger partial charge on any atom is 0.272 e. The highest BCUT2D eigenvalue weighted by Gasteiger charge is 2.29. The van der Waals surface area contributed by atoms with E-state index in [9.17, 15) is 14.5 Å². The van der Waals surface area contributed by atoms with Crippen LogP contribution >= 0.6 is 0 Å². The number of nitro benzene ring substituents is 1. The number of nitro groups is 1. The van der Waals surface area contributed by atoms with Crippen molar-refractivity contribution in [3.05, 3.63) is 39.7 Å². The van der Waals surface area contributed by atoms with Crippen LogP contribution in [0.5, 0.6) is 0 Å². The molecule has 0 radical (unpaired) electrons. The lowest BCUT2D eigenvalue weighted by Gasteiger charge is -2.33. The summed E-state index contributed by atoms with van der Waals surface area (Å²) in [5.74, 6) is -0.612. The number of benzene rings is 1. The normalized spacial score (nSPS) is 23.9. The van der Waals surface area contributed by atoms with Crippen LogP contribution in [0.15, 0.2) is 18.2 Å². The molecule has 1 heterocycles. The molecule has 2 rings (SSSR count). The van der Waals surface area contributed by atoms with Crippen molar-refractivity contribution in [2.75, 3.05) is 13.2 Å². The first-order valence-electron chi connectivity index (χ1n) is 5.79. The molecule has 1 aliphatic heterocycles. The third-order valence-corrected chi connectivity index (χ3v) is 3.06. The van der Waals surface area contributed by atoms with E-state index in [0.29, 0.717) is 25.2 Å². The highest BCUT2D eigenvalue weighted by Crippen LogP contribution is 2.24. The molecule has 1 unspecified atom stereocenters. The van der Waals surface area contributed by atoms with Crippen molar-refractivity contribution in [1.82, 2.24) is 0 Å². The van der Waals surface area contributed by atoms with Gasteiger partial charge in [0, 0.05) is 18.2 Å². The van der Waals surface area contributed by atoms with Gasteiger partial charge in [-0.1, -0.05) is 0 Å². The van der Waals surface area contributed by atoms with Crippen LogP contribution in [-0.4, -0.2) is 23.7 Å². The van der Waals surface area contributed by atoms with Crippen molar-refractivity contribution in [2.45, 2.75) is 24.8 Å². The van der Waals surface area contributed by atoms with E-state index < -0.39 is 16.3 Å². The van der Waals surface area contributed by atoms with Crippen LogP contribution in [0.2, 0.25) is 0 Å². The Kier molecular flexibility index (Phi) is 3.58. The lowest BCUT2D eigenvalue weighted by Crippen LogP contribution is -2.49. The van der Waals surface area contributed by atoms with Gasteiger partial charge in [-0.3, -0.25) is 10.1 Å². The molecule has 2 N–H and O–H groups in total. The zero-order valence-electron chi connectivity index (χ0n) is 9.89. The molecule has 6 heteroatoms. The third-order valence-electron chi connectivity index (χ3n) is 3.06. The van der Waals surface area contributed by atoms with Crippen LogP contribution in [0.4, 0.5) is 10.1 Å². The Balaban J connectivity index is 2.20. The fourth-order valence-electron chi connectivity index (χ4n) is 2.26. The average molecular weight is 254 g/mol. The summed E-state index contributed by atoms with van der Waals surface area (Å²) in [6, 6.07) is 3.56. The molecule has 0 aromatic heterocycles. The molecule has 0 spiro atoms. The Morgan fingerprint density at radius 3 is 2.89 bits per heavy atom. The fraction of sp³-hybridized carbons (Fsp3) is 0.500. The number of hydrogen-bond acceptors (Lipinski definition) is 4. The molecular formula is C12H15FN2O3. The summed E-state index contributed by atoms with van der Waals surface area (Å²) in [5.41, 5.74) is 5.89. The second-order valence-corrected chi connectivity index (χ2v) is 4.77. The number of nitrogens with two attached hydrogens (primary N) is 1. The van der Waals surface area contributed by atoms with Crippen LogP contribution in [-0.2, 0) is 11.2 Å². The molecule has 0 amide bonds. The molecule has 5 nitrogen and oxygen atoms in total. The molecule has 0 bridgehead atoms. The van der Waals surface area contributed by atoms with Gasteiger partial charge in [-0.05, 0) is 30.9 Å². The van der Waals surface area contributed by atoms with E-state index in [4.69, 9.17) is 10.5 Å². The predicted octanol–water partition coefficient (Wildman–Crippen LogP) is 1.78. The number of ether oxygens (including phenoxy) is 1. The molecule has 18 heavy (non-hydrogen) atoms. The Morgan fingerprint density at radius 1 is 1.50 bits per heavy atom. The first-order valence-corrected chi connectivity index (χ1v) is 5.79. The van der Waals surface area contributed by atoms with Crippen LogP contribution in [0.3, 0.4) is 0 Å². The predicted molar refractivity (Wildman–Crippen MR) is 63.7 cm³/mol. The van der Waals surface area contributed by atoms with Crippen molar-refractivity contribution in [3.63, 3.8) is 0 Å². The minimum Gasteiger partial charge on any atom is -0.380 e. The summed E-state index contributed by atoms with van der Waals surface area (Å²) in [4.78, 5) is 10.1. The highest BCUT2D eigenvalue weighted by molar-refractivity contribution is 5.36. The minimum atomic E-state index is -0.612. The highest BCUT2D eigenvalue weighted by atomic mass is 19.1. The van der Waals surface area contributed by atoms with Crippen molar-refractivity contribution in [2.24, 2.45) is 5.73 Å². The molecule has 0 aliphatic carbocycles. The Hall–Kier alpha value is -1.53. The van der Waals surface area contributed by atoms with E-state index in [1.165, 1.54) is 12.1 Å². The van der Waals surface area contributed by atoms with Crippen LogP contribution in [0, 0.1) is 15.9 Å². The number of nitrogens with zero attached hydrogens (tertiary/aromatic N) is 1. The van der Waals surface area contributed by atoms with Gasteiger partial charge in [0.1, 0.15) is 5.82 Å². The van der Waals surface area contributed by atoms with Gasteiger partial charge in [0.25, 0.3) is 5.69 Å². The SMILES string of the molecule is NC1(Cc2cc(F)cc([N+](=O)[O-])c2)CCCOC1. The molecule has 1 aromatic carbocycles. The van der Waals surface area contributed by atoms with Gasteiger partial charge in [-0.15, -0.1) is 0 Å². The van der Waals surface area contributed by atoms with E-state index >= 15 is 0 Å². The lowest BCUT2D eigenvalue weighted by atomic mass is 9.86. The second-order valence-electron chi connectivity index (χ2n) is 4.77. The third kappa shape index (κ3) is 3.02. The first kappa shape index (κ1) is 12.9. The summed E-state index contributed by atoms with van der Waals surface area (Å²) in [6.45, 7) is 1.08. The topological polar surface area (TPSA) is 78.4 Å². The Bertz CT molecular complexity index is 459. The van der Waals surface area contributed by atoms with Gasteiger partial charge in [-0.2, -0.15) is 0 Å². The Morgan fingerprint density at radius 2 is 2.28 bits per heavy atom. The van der Waals surface area contributed by atoms with E-state index in [0.717, 1.165) is 18.9 Å². The largest absolute Gasteiger partial charge is 0.380 e. The van der Waals surface area contributed by atoms with Crippen LogP contribution < -0.4 is 5.73 Å². The van der Waals surface area contributed by atoms with Gasteiger partial charge in [-0.25, -0.2) is 4.39 Å². The van der Waals surface area contributed by atoms with E-state index in [2.05, 4.69) is 0 Å². The number of halogens is 1. The molecule has 1 aromatic rings. The van der Waals surface area contributed by atoms with Crippen molar-refractivity contribution >= 4 is 5.69 Å². The van der Waals surface area contributed by atoms with Gasteiger partial charge in [0.2, 0.25) is 0 Å². The number of non-ortho nitro benzene ring substituents is 1. The zero-order chi connectivity index (χ0) is 13.2. The van der Waals surface area contributed by atoms with Crippen molar-refractivity contribution in [1.29, 1.82) is 0 Å². The fourth-order valence-corrected chi connectivity index (χ4v) is 2.26. The molecule has 1 saturated heterocycles. The average Bonchev–Trinajstić information content (AvgIpc) is 2.28. The van der Waals surface area contributed by atoms with Gasteiger partial charge in [0.05, 0.1) is 17.6 Å². The summed E-state index contributed by atoms with van der Waals surface area (Å²) in [7, 11) is 0. The molecular weight excluding hydrogens is 239 g/mol. The van der Waals surface area contributed by atoms with Crippen molar-refractivity contribution in [3.8, 4) is 0 Å². The molecule has 0 saturated carbocycles. The minimum absolute atomic E-state index is 0.245. The quantitative estimate of drug-likeness (QED) is 0.658. The van der Waals surface area contributed by atoms with E-state index in [-0.39, 0.29) is 5.69 Å². The van der Waals surface area contributed by atoms with Crippen molar-refractivity contribution < 1.29 is 14.1 Å². The maximum atomic E-state index is 13.3.